The third kappa shape index (κ3) is 3.31. The number of hydrogen-bond donors (Lipinski definition) is 1. The van der Waals surface area contributed by atoms with Gasteiger partial charge in [0.1, 0.15) is 10.7 Å². The van der Waals surface area contributed by atoms with Gasteiger partial charge in [0.25, 0.3) is 0 Å². The standard InChI is InChI=1S/C16H22FN3O3S/c17-14-3-1-2-4-15(14)24(22,23)20-9-5-12(6-10-20)16(21)19-8-7-13(18)11-19/h1-4,12-13H,5-11,18H2/t13-/m1/s1. The first-order valence-electron chi connectivity index (χ1n) is 8.18. The van der Waals surface area contributed by atoms with Crippen LogP contribution in [0, 0.1) is 11.7 Å². The van der Waals surface area contributed by atoms with Crippen molar-refractivity contribution in [1.82, 2.24) is 9.21 Å². The molecule has 132 valence electrons. The number of hydrogen-bond acceptors (Lipinski definition) is 4. The first kappa shape index (κ1) is 17.3. The Morgan fingerprint density at radius 1 is 1.12 bits per heavy atom. The summed E-state index contributed by atoms with van der Waals surface area (Å²) in [5.41, 5.74) is 5.83. The van der Waals surface area contributed by atoms with Gasteiger partial charge in [0.2, 0.25) is 15.9 Å². The largest absolute Gasteiger partial charge is 0.341 e. The summed E-state index contributed by atoms with van der Waals surface area (Å²) in [5.74, 6) is -0.866. The van der Waals surface area contributed by atoms with Gasteiger partial charge < -0.3 is 10.6 Å². The van der Waals surface area contributed by atoms with Crippen LogP contribution in [0.15, 0.2) is 29.2 Å². The number of rotatable bonds is 3. The van der Waals surface area contributed by atoms with Crippen molar-refractivity contribution < 1.29 is 17.6 Å². The second-order valence-electron chi connectivity index (χ2n) is 6.44. The minimum absolute atomic E-state index is 0.0375. The summed E-state index contributed by atoms with van der Waals surface area (Å²) in [7, 11) is -3.86. The minimum Gasteiger partial charge on any atom is -0.341 e. The summed E-state index contributed by atoms with van der Waals surface area (Å²) >= 11 is 0. The Morgan fingerprint density at radius 2 is 1.79 bits per heavy atom. The number of amides is 1. The Kier molecular flexibility index (Phi) is 4.89. The molecule has 1 aromatic carbocycles. The zero-order valence-corrected chi connectivity index (χ0v) is 14.2. The molecule has 8 heteroatoms. The van der Waals surface area contributed by atoms with Gasteiger partial charge in [-0.15, -0.1) is 0 Å². The van der Waals surface area contributed by atoms with Crippen molar-refractivity contribution in [2.75, 3.05) is 26.2 Å². The lowest BCUT2D eigenvalue weighted by molar-refractivity contribution is -0.135. The highest BCUT2D eigenvalue weighted by atomic mass is 32.2. The molecule has 2 fully saturated rings. The highest BCUT2D eigenvalue weighted by molar-refractivity contribution is 7.89. The number of likely N-dealkylation sites (tertiary alicyclic amines) is 1. The molecule has 3 rings (SSSR count). The lowest BCUT2D eigenvalue weighted by Crippen LogP contribution is -2.44. The molecule has 0 aliphatic carbocycles. The number of nitrogens with zero attached hydrogens (tertiary/aromatic N) is 2. The van der Waals surface area contributed by atoms with E-state index in [1.807, 2.05) is 0 Å². The molecule has 0 spiro atoms. The van der Waals surface area contributed by atoms with E-state index in [1.54, 1.807) is 4.90 Å². The number of sulfonamides is 1. The van der Waals surface area contributed by atoms with Crippen molar-refractivity contribution in [3.8, 4) is 0 Å². The van der Waals surface area contributed by atoms with Crippen LogP contribution >= 0.6 is 0 Å². The van der Waals surface area contributed by atoms with Crippen molar-refractivity contribution >= 4 is 15.9 Å². The average molecular weight is 355 g/mol. The Hall–Kier alpha value is -1.51. The van der Waals surface area contributed by atoms with Gasteiger partial charge in [-0.05, 0) is 31.4 Å². The maximum Gasteiger partial charge on any atom is 0.245 e. The van der Waals surface area contributed by atoms with E-state index in [0.717, 1.165) is 12.5 Å². The summed E-state index contributed by atoms with van der Waals surface area (Å²) in [4.78, 5) is 13.9. The Labute approximate surface area is 141 Å². The fourth-order valence-electron chi connectivity index (χ4n) is 3.38. The molecule has 2 aliphatic heterocycles. The summed E-state index contributed by atoms with van der Waals surface area (Å²) in [6.07, 6.45) is 1.72. The van der Waals surface area contributed by atoms with Gasteiger partial charge in [-0.2, -0.15) is 4.31 Å². The van der Waals surface area contributed by atoms with Crippen LogP contribution < -0.4 is 5.73 Å². The normalized spacial score (nSPS) is 23.6. The van der Waals surface area contributed by atoms with Crippen LogP contribution in [0.4, 0.5) is 4.39 Å². The lowest BCUT2D eigenvalue weighted by Gasteiger charge is -2.32. The molecule has 1 atom stereocenters. The van der Waals surface area contributed by atoms with Gasteiger partial charge in [0.15, 0.2) is 0 Å². The molecule has 1 amide bonds. The van der Waals surface area contributed by atoms with Crippen molar-refractivity contribution in [2.24, 2.45) is 11.7 Å². The Balaban J connectivity index is 1.65. The van der Waals surface area contributed by atoms with Gasteiger partial charge in [-0.25, -0.2) is 12.8 Å². The Morgan fingerprint density at radius 3 is 2.38 bits per heavy atom. The van der Waals surface area contributed by atoms with Gasteiger partial charge in [-0.3, -0.25) is 4.79 Å². The highest BCUT2D eigenvalue weighted by Crippen LogP contribution is 2.27. The van der Waals surface area contributed by atoms with Crippen molar-refractivity contribution in [3.05, 3.63) is 30.1 Å². The number of carbonyl (C=O) groups is 1. The molecule has 2 N–H and O–H groups in total. The number of halogens is 1. The van der Waals surface area contributed by atoms with Gasteiger partial charge in [0, 0.05) is 38.1 Å². The van der Waals surface area contributed by atoms with Crippen LogP contribution in [0.5, 0.6) is 0 Å². The van der Waals surface area contributed by atoms with Crippen LogP contribution in [-0.2, 0) is 14.8 Å². The fourth-order valence-corrected chi connectivity index (χ4v) is 4.92. The zero-order valence-electron chi connectivity index (χ0n) is 13.4. The second kappa shape index (κ2) is 6.78. The van der Waals surface area contributed by atoms with E-state index in [4.69, 9.17) is 5.73 Å². The molecular formula is C16H22FN3O3S. The van der Waals surface area contributed by atoms with Crippen LogP contribution in [0.2, 0.25) is 0 Å². The molecule has 1 aromatic rings. The van der Waals surface area contributed by atoms with E-state index in [-0.39, 0.29) is 35.9 Å². The van der Waals surface area contributed by atoms with Crippen molar-refractivity contribution in [1.29, 1.82) is 0 Å². The molecule has 0 bridgehead atoms. The maximum absolute atomic E-state index is 13.8. The predicted octanol–water partition coefficient (Wildman–Crippen LogP) is 0.786. The second-order valence-corrected chi connectivity index (χ2v) is 8.35. The highest BCUT2D eigenvalue weighted by Gasteiger charge is 2.36. The number of benzene rings is 1. The first-order chi connectivity index (χ1) is 11.4. The Bertz CT molecular complexity index is 717. The summed E-state index contributed by atoms with van der Waals surface area (Å²) in [6, 6.07) is 5.41. The zero-order chi connectivity index (χ0) is 17.3. The topological polar surface area (TPSA) is 83.7 Å². The maximum atomic E-state index is 13.8. The van der Waals surface area contributed by atoms with Gasteiger partial charge in [-0.1, -0.05) is 12.1 Å². The van der Waals surface area contributed by atoms with Crippen LogP contribution in [-0.4, -0.2) is 55.8 Å². The van der Waals surface area contributed by atoms with Gasteiger partial charge >= 0.3 is 0 Å². The molecule has 6 nitrogen and oxygen atoms in total. The van der Waals surface area contributed by atoms with Crippen molar-refractivity contribution in [3.63, 3.8) is 0 Å². The van der Waals surface area contributed by atoms with E-state index in [0.29, 0.717) is 25.9 Å². The third-order valence-corrected chi connectivity index (χ3v) is 6.73. The fraction of sp³-hybridized carbons (Fsp3) is 0.562. The van der Waals surface area contributed by atoms with Crippen LogP contribution in [0.1, 0.15) is 19.3 Å². The molecule has 24 heavy (non-hydrogen) atoms. The molecule has 0 saturated carbocycles. The molecule has 2 saturated heterocycles. The van der Waals surface area contributed by atoms with Crippen LogP contribution in [0.25, 0.3) is 0 Å². The molecular weight excluding hydrogens is 333 g/mol. The summed E-state index contributed by atoms with van der Waals surface area (Å²) < 4.78 is 40.2. The van der Waals surface area contributed by atoms with Crippen molar-refractivity contribution in [2.45, 2.75) is 30.2 Å². The van der Waals surface area contributed by atoms with E-state index >= 15 is 0 Å². The van der Waals surface area contributed by atoms with E-state index in [2.05, 4.69) is 0 Å². The lowest BCUT2D eigenvalue weighted by atomic mass is 9.97. The molecule has 2 aliphatic rings. The number of piperidine rings is 1. The van der Waals surface area contributed by atoms with Crippen LogP contribution in [0.3, 0.4) is 0 Å². The first-order valence-corrected chi connectivity index (χ1v) is 9.62. The quantitative estimate of drug-likeness (QED) is 0.869. The van der Waals surface area contributed by atoms with E-state index < -0.39 is 15.8 Å². The minimum atomic E-state index is -3.86. The van der Waals surface area contributed by atoms with E-state index in [9.17, 15) is 17.6 Å². The van der Waals surface area contributed by atoms with Gasteiger partial charge in [0.05, 0.1) is 0 Å². The average Bonchev–Trinajstić information content (AvgIpc) is 3.01. The number of carbonyl (C=O) groups excluding carboxylic acids is 1. The SMILES string of the molecule is N[C@@H]1CCN(C(=O)C2CCN(S(=O)(=O)c3ccccc3F)CC2)C1. The monoisotopic (exact) mass is 355 g/mol. The third-order valence-electron chi connectivity index (χ3n) is 4.79. The molecule has 2 heterocycles. The predicted molar refractivity (Wildman–Crippen MR) is 87.1 cm³/mol. The number of nitrogens with two attached hydrogens (primary N) is 1. The molecule has 0 aromatic heterocycles. The smallest absolute Gasteiger partial charge is 0.245 e. The molecule has 0 radical (unpaired) electrons. The van der Waals surface area contributed by atoms with E-state index in [1.165, 1.54) is 22.5 Å². The summed E-state index contributed by atoms with van der Waals surface area (Å²) in [6.45, 7) is 1.71. The molecule has 0 unspecified atom stereocenters. The summed E-state index contributed by atoms with van der Waals surface area (Å²) in [5, 5.41) is 0.